The van der Waals surface area contributed by atoms with Crippen LogP contribution in [-0.4, -0.2) is 26.0 Å². The normalized spacial score (nSPS) is 9.00. The molecular weight excluding hydrogens is 236 g/mol. The Balaban J connectivity index is 3.39. The lowest BCUT2D eigenvalue weighted by Gasteiger charge is -2.14. The summed E-state index contributed by atoms with van der Waals surface area (Å²) in [5.74, 6) is 0. The largest absolute Gasteiger partial charge is 0.369 e. The number of hydrogen-bond donors (Lipinski definition) is 4. The van der Waals surface area contributed by atoms with Crippen LogP contribution in [0.5, 0.6) is 0 Å². The number of thiol groups is 3. The molecule has 0 aromatic carbocycles. The average Bonchev–Trinajstić information content (AvgIpc) is 1.86. The smallest absolute Gasteiger partial charge is 0.143 e. The van der Waals surface area contributed by atoms with E-state index in [4.69, 9.17) is 12.2 Å². The molecule has 0 heterocycles. The van der Waals surface area contributed by atoms with Crippen LogP contribution in [0.3, 0.4) is 0 Å². The van der Waals surface area contributed by atoms with Crippen LogP contribution in [-0.2, 0) is 0 Å². The average molecular weight is 244 g/mol. The van der Waals surface area contributed by atoms with Crippen LogP contribution in [0, 0.1) is 0 Å². The van der Waals surface area contributed by atoms with Gasteiger partial charge < -0.3 is 9.62 Å². The Morgan fingerprint density at radius 3 is 2.27 bits per heavy atom. The minimum absolute atomic E-state index is 0.445. The van der Waals surface area contributed by atoms with E-state index in [1.54, 1.807) is 0 Å². The van der Waals surface area contributed by atoms with E-state index < -0.39 is 0 Å². The second-order valence-electron chi connectivity index (χ2n) is 1.64. The van der Waals surface area contributed by atoms with Gasteiger partial charge >= 0.3 is 0 Å². The second kappa shape index (κ2) is 6.36. The number of thiocarbonyl (C=S) groups is 2. The fourth-order valence-corrected chi connectivity index (χ4v) is 0.870. The predicted octanol–water partition coefficient (Wildman–Crippen LogP) is 1.15. The van der Waals surface area contributed by atoms with Gasteiger partial charge in [-0.15, -0.1) is 25.3 Å². The number of nitrogens with one attached hydrogen (secondary N) is 1. The van der Waals surface area contributed by atoms with Crippen molar-refractivity contribution in [1.29, 1.82) is 0 Å². The molecule has 0 aliphatic heterocycles. The summed E-state index contributed by atoms with van der Waals surface area (Å²) in [6, 6.07) is 0. The van der Waals surface area contributed by atoms with Gasteiger partial charge in [-0.05, 0) is 0 Å². The van der Waals surface area contributed by atoms with Gasteiger partial charge in [0.15, 0.2) is 0 Å². The lowest BCUT2D eigenvalue weighted by atomic mass is 10.6. The van der Waals surface area contributed by atoms with Gasteiger partial charge in [-0.2, -0.15) is 0 Å². The first kappa shape index (κ1) is 11.8. The summed E-state index contributed by atoms with van der Waals surface area (Å²) >= 11 is 21.2. The summed E-state index contributed by atoms with van der Waals surface area (Å²) in [4.78, 5) is 0. The first-order valence-corrected chi connectivity index (χ1v) is 4.81. The maximum absolute atomic E-state index is 4.73. The zero-order valence-corrected chi connectivity index (χ0v) is 9.84. The van der Waals surface area contributed by atoms with Crippen molar-refractivity contribution in [3.63, 3.8) is 0 Å². The van der Waals surface area contributed by atoms with E-state index >= 15 is 0 Å². The highest BCUT2D eigenvalue weighted by Gasteiger charge is 1.98. The van der Waals surface area contributed by atoms with Crippen LogP contribution in [0.2, 0.25) is 0 Å². The molecule has 11 heavy (non-hydrogen) atoms. The number of nitrogens with zero attached hydrogens (tertiary/aromatic N) is 1. The Morgan fingerprint density at radius 2 is 1.91 bits per heavy atom. The van der Waals surface area contributed by atoms with Crippen molar-refractivity contribution >= 4 is 71.1 Å². The molecule has 0 saturated heterocycles. The summed E-state index contributed by atoms with van der Waals surface area (Å²) in [7, 11) is 0. The van der Waals surface area contributed by atoms with Gasteiger partial charge in [0.1, 0.15) is 8.64 Å². The predicted molar refractivity (Wildman–Crippen MR) is 66.9 cm³/mol. The SMILES string of the molecule is S=C(S)NCCN(S)C(=S)S. The molecule has 0 rings (SSSR count). The Morgan fingerprint density at radius 1 is 1.36 bits per heavy atom. The summed E-state index contributed by atoms with van der Waals surface area (Å²) in [5.41, 5.74) is 0. The van der Waals surface area contributed by atoms with Gasteiger partial charge in [0, 0.05) is 13.1 Å². The summed E-state index contributed by atoms with van der Waals surface area (Å²) in [6.07, 6.45) is 0. The van der Waals surface area contributed by atoms with Gasteiger partial charge in [-0.1, -0.05) is 37.3 Å². The Kier molecular flexibility index (Phi) is 6.84. The van der Waals surface area contributed by atoms with Crippen LogP contribution >= 0.6 is 62.5 Å². The lowest BCUT2D eigenvalue weighted by Crippen LogP contribution is -2.28. The highest BCUT2D eigenvalue weighted by atomic mass is 32.1. The highest BCUT2D eigenvalue weighted by molar-refractivity contribution is 8.12. The van der Waals surface area contributed by atoms with Crippen LogP contribution in [0.4, 0.5) is 0 Å². The van der Waals surface area contributed by atoms with Gasteiger partial charge in [0.25, 0.3) is 0 Å². The van der Waals surface area contributed by atoms with E-state index in [0.717, 1.165) is 0 Å². The molecule has 2 nitrogen and oxygen atoms in total. The maximum Gasteiger partial charge on any atom is 0.143 e. The first-order chi connectivity index (χ1) is 5.04. The molecule has 0 aromatic heterocycles. The molecule has 0 aromatic rings. The summed E-state index contributed by atoms with van der Waals surface area (Å²) < 4.78 is 2.45. The van der Waals surface area contributed by atoms with E-state index in [0.29, 0.717) is 21.7 Å². The second-order valence-corrected chi connectivity index (χ2v) is 4.39. The zero-order chi connectivity index (χ0) is 8.85. The third-order valence-electron chi connectivity index (χ3n) is 0.821. The Labute approximate surface area is 93.5 Å². The minimum atomic E-state index is 0.445. The van der Waals surface area contributed by atoms with Crippen molar-refractivity contribution in [3.8, 4) is 0 Å². The van der Waals surface area contributed by atoms with Crippen molar-refractivity contribution in [2.24, 2.45) is 0 Å². The standard InChI is InChI=1S/C4H8N2S5/c7-3(8)5-1-2-6(11)4(9)10/h11H,1-2H2,(H,9,10)(H2,5,7,8). The topological polar surface area (TPSA) is 15.3 Å². The molecule has 64 valence electrons. The van der Waals surface area contributed by atoms with Crippen LogP contribution in [0.1, 0.15) is 0 Å². The van der Waals surface area contributed by atoms with E-state index in [1.165, 1.54) is 4.31 Å². The quantitative estimate of drug-likeness (QED) is 0.440. The van der Waals surface area contributed by atoms with Crippen LogP contribution in [0.15, 0.2) is 0 Å². The van der Waals surface area contributed by atoms with E-state index in [9.17, 15) is 0 Å². The molecule has 0 amide bonds. The Hall–Kier alpha value is 0.830. The first-order valence-electron chi connectivity index (χ1n) is 2.70. The third-order valence-corrected chi connectivity index (χ3v) is 2.28. The van der Waals surface area contributed by atoms with Gasteiger partial charge in [0.05, 0.1) is 0 Å². The van der Waals surface area contributed by atoms with E-state index in [2.05, 4.69) is 55.6 Å². The molecule has 0 fully saturated rings. The van der Waals surface area contributed by atoms with Crippen LogP contribution < -0.4 is 5.32 Å². The van der Waals surface area contributed by atoms with Crippen molar-refractivity contribution in [3.05, 3.63) is 0 Å². The molecule has 1 N–H and O–H groups in total. The molecule has 0 radical (unpaired) electrons. The number of hydrogen-bond acceptors (Lipinski definition) is 3. The van der Waals surface area contributed by atoms with Gasteiger partial charge in [0.2, 0.25) is 0 Å². The van der Waals surface area contributed by atoms with Crippen LogP contribution in [0.25, 0.3) is 0 Å². The van der Waals surface area contributed by atoms with Gasteiger partial charge in [-0.25, -0.2) is 0 Å². The van der Waals surface area contributed by atoms with Crippen molar-refractivity contribution in [2.45, 2.75) is 0 Å². The monoisotopic (exact) mass is 244 g/mol. The van der Waals surface area contributed by atoms with Crippen molar-refractivity contribution in [2.75, 3.05) is 13.1 Å². The highest BCUT2D eigenvalue weighted by Crippen LogP contribution is 1.98. The van der Waals surface area contributed by atoms with Crippen molar-refractivity contribution < 1.29 is 0 Å². The molecule has 7 heteroatoms. The van der Waals surface area contributed by atoms with Crippen molar-refractivity contribution in [1.82, 2.24) is 9.62 Å². The van der Waals surface area contributed by atoms with E-state index in [-0.39, 0.29) is 0 Å². The summed E-state index contributed by atoms with van der Waals surface area (Å²) in [6.45, 7) is 1.30. The fourth-order valence-electron chi connectivity index (χ4n) is 0.364. The third kappa shape index (κ3) is 7.20. The maximum atomic E-state index is 4.73. The Bertz CT molecular complexity index is 159. The zero-order valence-electron chi connectivity index (χ0n) is 5.52. The molecule has 0 atom stereocenters. The molecular formula is C4H8N2S5. The fraction of sp³-hybridized carbons (Fsp3) is 0.500. The van der Waals surface area contributed by atoms with Gasteiger partial charge in [-0.3, -0.25) is 0 Å². The molecule has 0 bridgehead atoms. The van der Waals surface area contributed by atoms with E-state index in [1.807, 2.05) is 0 Å². The molecule has 0 saturated carbocycles. The summed E-state index contributed by atoms with van der Waals surface area (Å²) in [5, 5.41) is 2.84. The molecule has 0 aliphatic rings. The number of rotatable bonds is 3. The lowest BCUT2D eigenvalue weighted by molar-refractivity contribution is 0.678. The molecule has 0 unspecified atom stereocenters. The molecule has 0 spiro atoms. The minimum Gasteiger partial charge on any atom is -0.369 e. The molecule has 0 aliphatic carbocycles.